The summed E-state index contributed by atoms with van der Waals surface area (Å²) in [5, 5.41) is 0. The lowest BCUT2D eigenvalue weighted by molar-refractivity contribution is -0.137. The molecule has 0 aliphatic carbocycles. The normalized spacial score (nSPS) is 13.9. The average molecular weight is 219 g/mol. The van der Waals surface area contributed by atoms with Crippen LogP contribution in [0.5, 0.6) is 0 Å². The van der Waals surface area contributed by atoms with Gasteiger partial charge in [-0.25, -0.2) is 0 Å². The summed E-state index contributed by atoms with van der Waals surface area (Å²) in [4.78, 5) is 0. The Kier molecular flexibility index (Phi) is 3.71. The van der Waals surface area contributed by atoms with Gasteiger partial charge in [-0.1, -0.05) is 12.1 Å². The van der Waals surface area contributed by atoms with Crippen LogP contribution < -0.4 is 5.73 Å². The minimum atomic E-state index is -4.30. The third-order valence-electron chi connectivity index (χ3n) is 2.11. The maximum Gasteiger partial charge on any atom is 0.416 e. The first-order valence-electron chi connectivity index (χ1n) is 4.39. The van der Waals surface area contributed by atoms with Gasteiger partial charge in [0.1, 0.15) is 0 Å². The van der Waals surface area contributed by atoms with Crippen molar-refractivity contribution in [2.75, 3.05) is 13.7 Å². The molecule has 0 saturated carbocycles. The van der Waals surface area contributed by atoms with Crippen molar-refractivity contribution in [1.82, 2.24) is 0 Å². The number of methoxy groups -OCH3 is 1. The molecule has 0 spiro atoms. The maximum atomic E-state index is 12.2. The van der Waals surface area contributed by atoms with Crippen LogP contribution in [0.4, 0.5) is 13.2 Å². The molecule has 0 fully saturated rings. The second-order valence-corrected chi connectivity index (χ2v) is 3.08. The first-order valence-corrected chi connectivity index (χ1v) is 4.39. The van der Waals surface area contributed by atoms with Crippen LogP contribution in [0, 0.1) is 0 Å². The number of ether oxygens (including phenoxy) is 1. The van der Waals surface area contributed by atoms with Gasteiger partial charge in [0.2, 0.25) is 0 Å². The number of hydrogen-bond acceptors (Lipinski definition) is 2. The van der Waals surface area contributed by atoms with Crippen molar-refractivity contribution in [3.63, 3.8) is 0 Å². The third-order valence-corrected chi connectivity index (χ3v) is 2.11. The lowest BCUT2D eigenvalue weighted by Crippen LogP contribution is -2.14. The van der Waals surface area contributed by atoms with Crippen LogP contribution >= 0.6 is 0 Å². The fraction of sp³-hybridized carbons (Fsp3) is 0.400. The summed E-state index contributed by atoms with van der Waals surface area (Å²) in [6, 6.07) is 4.81. The van der Waals surface area contributed by atoms with E-state index in [1.165, 1.54) is 19.2 Å². The number of hydrogen-bond donors (Lipinski definition) is 1. The number of nitrogens with two attached hydrogens (primary N) is 1. The van der Waals surface area contributed by atoms with E-state index in [0.717, 1.165) is 12.1 Å². The van der Waals surface area contributed by atoms with E-state index in [4.69, 9.17) is 10.5 Å². The summed E-state index contributed by atoms with van der Waals surface area (Å²) in [7, 11) is 1.47. The van der Waals surface area contributed by atoms with E-state index < -0.39 is 11.7 Å². The van der Waals surface area contributed by atoms with Gasteiger partial charge in [0.05, 0.1) is 11.7 Å². The molecular weight excluding hydrogens is 207 g/mol. The molecule has 2 N–H and O–H groups in total. The minimum Gasteiger partial charge on any atom is -0.375 e. The summed E-state index contributed by atoms with van der Waals surface area (Å²) in [6.45, 7) is 0.238. The Labute approximate surface area is 85.8 Å². The third kappa shape index (κ3) is 2.94. The van der Waals surface area contributed by atoms with Crippen molar-refractivity contribution in [3.8, 4) is 0 Å². The summed E-state index contributed by atoms with van der Waals surface area (Å²) in [5.41, 5.74) is 5.37. The van der Waals surface area contributed by atoms with E-state index in [0.29, 0.717) is 5.56 Å². The largest absolute Gasteiger partial charge is 0.416 e. The standard InChI is InChI=1S/C10H12F3NO/c1-15-9(6-14)7-2-4-8(5-3-7)10(11,12)13/h2-5,9H,6,14H2,1H3/t9-/m0/s1. The van der Waals surface area contributed by atoms with Crippen LogP contribution in [0.3, 0.4) is 0 Å². The molecule has 1 aromatic carbocycles. The van der Waals surface area contributed by atoms with Crippen molar-refractivity contribution in [2.45, 2.75) is 12.3 Å². The van der Waals surface area contributed by atoms with Crippen molar-refractivity contribution in [1.29, 1.82) is 0 Å². The molecule has 1 rings (SSSR count). The lowest BCUT2D eigenvalue weighted by atomic mass is 10.1. The number of rotatable bonds is 3. The first-order chi connectivity index (χ1) is 6.99. The monoisotopic (exact) mass is 219 g/mol. The Morgan fingerprint density at radius 3 is 2.13 bits per heavy atom. The molecule has 1 aromatic rings. The van der Waals surface area contributed by atoms with Gasteiger partial charge >= 0.3 is 6.18 Å². The molecule has 0 aliphatic rings. The minimum absolute atomic E-state index is 0.238. The van der Waals surface area contributed by atoms with Gasteiger partial charge in [-0.3, -0.25) is 0 Å². The summed E-state index contributed by atoms with van der Waals surface area (Å²) in [6.07, 6.45) is -4.66. The van der Waals surface area contributed by atoms with Gasteiger partial charge in [0, 0.05) is 13.7 Å². The van der Waals surface area contributed by atoms with Crippen LogP contribution in [-0.4, -0.2) is 13.7 Å². The Balaban J connectivity index is 2.89. The van der Waals surface area contributed by atoms with Gasteiger partial charge in [0.25, 0.3) is 0 Å². The molecule has 84 valence electrons. The Morgan fingerprint density at radius 1 is 1.27 bits per heavy atom. The van der Waals surface area contributed by atoms with Gasteiger partial charge in [0.15, 0.2) is 0 Å². The van der Waals surface area contributed by atoms with E-state index in [1.54, 1.807) is 0 Å². The SMILES string of the molecule is CO[C@@H](CN)c1ccc(C(F)(F)F)cc1. The van der Waals surface area contributed by atoms with Crippen LogP contribution in [0.25, 0.3) is 0 Å². The van der Waals surface area contributed by atoms with Gasteiger partial charge in [-0.15, -0.1) is 0 Å². The molecule has 0 aromatic heterocycles. The van der Waals surface area contributed by atoms with Gasteiger partial charge in [-0.2, -0.15) is 13.2 Å². The lowest BCUT2D eigenvalue weighted by Gasteiger charge is -2.14. The number of benzene rings is 1. The van der Waals surface area contributed by atoms with E-state index in [9.17, 15) is 13.2 Å². The molecule has 0 unspecified atom stereocenters. The first kappa shape index (κ1) is 12.0. The fourth-order valence-electron chi connectivity index (χ4n) is 1.26. The smallest absolute Gasteiger partial charge is 0.375 e. The van der Waals surface area contributed by atoms with Crippen molar-refractivity contribution in [2.24, 2.45) is 5.73 Å². The summed E-state index contributed by atoms with van der Waals surface area (Å²) < 4.78 is 41.7. The Bertz CT molecular complexity index is 303. The van der Waals surface area contributed by atoms with Crippen molar-refractivity contribution < 1.29 is 17.9 Å². The quantitative estimate of drug-likeness (QED) is 0.846. The molecule has 15 heavy (non-hydrogen) atoms. The summed E-state index contributed by atoms with van der Waals surface area (Å²) in [5.74, 6) is 0. The zero-order valence-corrected chi connectivity index (χ0v) is 8.21. The molecule has 2 nitrogen and oxygen atoms in total. The molecule has 0 aliphatic heterocycles. The number of halogens is 3. The van der Waals surface area contributed by atoms with Gasteiger partial charge < -0.3 is 10.5 Å². The topological polar surface area (TPSA) is 35.2 Å². The van der Waals surface area contributed by atoms with Crippen molar-refractivity contribution in [3.05, 3.63) is 35.4 Å². The molecule has 0 amide bonds. The van der Waals surface area contributed by atoms with Crippen LogP contribution in [-0.2, 0) is 10.9 Å². The van der Waals surface area contributed by atoms with Gasteiger partial charge in [-0.05, 0) is 17.7 Å². The number of alkyl halides is 3. The average Bonchev–Trinajstić information content (AvgIpc) is 2.19. The zero-order valence-electron chi connectivity index (χ0n) is 8.21. The van der Waals surface area contributed by atoms with Crippen LogP contribution in [0.1, 0.15) is 17.2 Å². The Morgan fingerprint density at radius 2 is 1.80 bits per heavy atom. The second kappa shape index (κ2) is 4.63. The highest BCUT2D eigenvalue weighted by atomic mass is 19.4. The zero-order chi connectivity index (χ0) is 11.5. The molecule has 0 bridgehead atoms. The fourth-order valence-corrected chi connectivity index (χ4v) is 1.26. The second-order valence-electron chi connectivity index (χ2n) is 3.08. The molecule has 0 radical (unpaired) electrons. The van der Waals surface area contributed by atoms with E-state index in [2.05, 4.69) is 0 Å². The molecule has 0 heterocycles. The highest BCUT2D eigenvalue weighted by molar-refractivity contribution is 5.26. The Hall–Kier alpha value is -1.07. The highest BCUT2D eigenvalue weighted by Gasteiger charge is 2.30. The molecule has 1 atom stereocenters. The predicted molar refractivity (Wildman–Crippen MR) is 50.2 cm³/mol. The summed E-state index contributed by atoms with van der Waals surface area (Å²) >= 11 is 0. The molecule has 5 heteroatoms. The van der Waals surface area contributed by atoms with Crippen LogP contribution in [0.2, 0.25) is 0 Å². The molecule has 0 saturated heterocycles. The predicted octanol–water partition coefficient (Wildman–Crippen LogP) is 2.35. The maximum absolute atomic E-state index is 12.2. The van der Waals surface area contributed by atoms with E-state index in [-0.39, 0.29) is 12.6 Å². The van der Waals surface area contributed by atoms with E-state index in [1.807, 2.05) is 0 Å². The van der Waals surface area contributed by atoms with Crippen molar-refractivity contribution >= 4 is 0 Å². The molecular formula is C10H12F3NO. The van der Waals surface area contributed by atoms with E-state index >= 15 is 0 Å². The highest BCUT2D eigenvalue weighted by Crippen LogP contribution is 2.30. The van der Waals surface area contributed by atoms with Crippen LogP contribution in [0.15, 0.2) is 24.3 Å².